The van der Waals surface area contributed by atoms with Crippen LogP contribution in [0.25, 0.3) is 0 Å². The molecule has 2 nitrogen and oxygen atoms in total. The van der Waals surface area contributed by atoms with Crippen LogP contribution >= 0.6 is 0 Å². The Bertz CT molecular complexity index is 273. The highest BCUT2D eigenvalue weighted by molar-refractivity contribution is 5.17. The van der Waals surface area contributed by atoms with Gasteiger partial charge in [-0.1, -0.05) is 25.8 Å². The van der Waals surface area contributed by atoms with Crippen molar-refractivity contribution in [1.82, 2.24) is 0 Å². The van der Waals surface area contributed by atoms with E-state index in [2.05, 4.69) is 4.74 Å². The standard InChI is InChI=1S/C12H19F3O2/c1-2-3-4-5-7-10-8-6-9-17-11(10,16)12(13,14)15/h7,16H,2-6,8-9H2,1H3/b10-7+. The quantitative estimate of drug-likeness (QED) is 0.612. The van der Waals surface area contributed by atoms with Crippen LogP contribution in [0.2, 0.25) is 0 Å². The van der Waals surface area contributed by atoms with Crippen molar-refractivity contribution < 1.29 is 23.0 Å². The lowest BCUT2D eigenvalue weighted by atomic mass is 9.95. The molecule has 1 fully saturated rings. The summed E-state index contributed by atoms with van der Waals surface area (Å²) >= 11 is 0. The fraction of sp³-hybridized carbons (Fsp3) is 0.833. The lowest BCUT2D eigenvalue weighted by Gasteiger charge is -2.36. The first-order valence-corrected chi connectivity index (χ1v) is 6.04. The molecule has 0 aliphatic carbocycles. The number of unbranched alkanes of at least 4 members (excludes halogenated alkanes) is 3. The molecule has 1 N–H and O–H groups in total. The molecule has 1 aliphatic rings. The van der Waals surface area contributed by atoms with Crippen molar-refractivity contribution in [3.8, 4) is 0 Å². The number of ether oxygens (including phenoxy) is 1. The highest BCUT2D eigenvalue weighted by Gasteiger charge is 2.58. The zero-order valence-corrected chi connectivity index (χ0v) is 10.0. The normalized spacial score (nSPS) is 28.6. The van der Waals surface area contributed by atoms with E-state index in [-0.39, 0.29) is 18.6 Å². The fourth-order valence-electron chi connectivity index (χ4n) is 1.92. The van der Waals surface area contributed by atoms with E-state index < -0.39 is 12.0 Å². The van der Waals surface area contributed by atoms with Crippen LogP contribution in [0.4, 0.5) is 13.2 Å². The van der Waals surface area contributed by atoms with Crippen LogP contribution in [-0.4, -0.2) is 23.7 Å². The smallest absolute Gasteiger partial charge is 0.355 e. The van der Waals surface area contributed by atoms with E-state index in [0.717, 1.165) is 19.3 Å². The fourth-order valence-corrected chi connectivity index (χ4v) is 1.92. The molecule has 1 saturated heterocycles. The Balaban J connectivity index is 2.72. The van der Waals surface area contributed by atoms with E-state index in [9.17, 15) is 18.3 Å². The second-order valence-electron chi connectivity index (χ2n) is 4.32. The molecule has 100 valence electrons. The van der Waals surface area contributed by atoms with Gasteiger partial charge in [0, 0.05) is 0 Å². The van der Waals surface area contributed by atoms with Gasteiger partial charge in [0.25, 0.3) is 5.79 Å². The molecule has 0 saturated carbocycles. The van der Waals surface area contributed by atoms with Gasteiger partial charge in [-0.25, -0.2) is 0 Å². The van der Waals surface area contributed by atoms with Gasteiger partial charge >= 0.3 is 6.18 Å². The maximum atomic E-state index is 12.7. The molecule has 17 heavy (non-hydrogen) atoms. The summed E-state index contributed by atoms with van der Waals surface area (Å²) in [6, 6.07) is 0. The summed E-state index contributed by atoms with van der Waals surface area (Å²) in [4.78, 5) is 0. The van der Waals surface area contributed by atoms with Crippen molar-refractivity contribution in [2.24, 2.45) is 0 Å². The molecule has 1 aliphatic heterocycles. The third-order valence-corrected chi connectivity index (χ3v) is 2.92. The van der Waals surface area contributed by atoms with Crippen molar-refractivity contribution in [2.45, 2.75) is 57.4 Å². The first-order valence-electron chi connectivity index (χ1n) is 6.04. The number of alkyl halides is 3. The largest absolute Gasteiger partial charge is 0.447 e. The predicted molar refractivity (Wildman–Crippen MR) is 58.4 cm³/mol. The molecule has 0 amide bonds. The number of aliphatic hydroxyl groups is 1. The molecule has 1 atom stereocenters. The third kappa shape index (κ3) is 3.45. The van der Waals surface area contributed by atoms with E-state index in [4.69, 9.17) is 0 Å². The molecule has 0 spiro atoms. The molecular weight excluding hydrogens is 233 g/mol. The van der Waals surface area contributed by atoms with E-state index in [1.54, 1.807) is 0 Å². The highest BCUT2D eigenvalue weighted by atomic mass is 19.4. The lowest BCUT2D eigenvalue weighted by molar-refractivity contribution is -0.353. The zero-order valence-electron chi connectivity index (χ0n) is 10.0. The van der Waals surface area contributed by atoms with Gasteiger partial charge in [-0.2, -0.15) is 13.2 Å². The number of rotatable bonds is 4. The van der Waals surface area contributed by atoms with Gasteiger partial charge in [0.15, 0.2) is 0 Å². The van der Waals surface area contributed by atoms with Crippen molar-refractivity contribution in [3.05, 3.63) is 11.6 Å². The lowest BCUT2D eigenvalue weighted by Crippen LogP contribution is -2.51. The molecule has 0 aromatic heterocycles. The van der Waals surface area contributed by atoms with E-state index in [0.29, 0.717) is 12.8 Å². The number of hydrogen-bond donors (Lipinski definition) is 1. The Kier molecular flexibility index (Phi) is 5.01. The molecule has 1 unspecified atom stereocenters. The second kappa shape index (κ2) is 5.87. The van der Waals surface area contributed by atoms with Crippen molar-refractivity contribution in [2.75, 3.05) is 6.61 Å². The van der Waals surface area contributed by atoms with Crippen LogP contribution in [0.1, 0.15) is 45.4 Å². The second-order valence-corrected chi connectivity index (χ2v) is 4.32. The molecule has 1 rings (SSSR count). The van der Waals surface area contributed by atoms with Gasteiger partial charge < -0.3 is 9.84 Å². The van der Waals surface area contributed by atoms with E-state index in [1.807, 2.05) is 6.92 Å². The molecule has 5 heteroatoms. The van der Waals surface area contributed by atoms with Gasteiger partial charge in [-0.3, -0.25) is 0 Å². The average molecular weight is 252 g/mol. The first kappa shape index (κ1) is 14.5. The maximum Gasteiger partial charge on any atom is 0.447 e. The van der Waals surface area contributed by atoms with Crippen molar-refractivity contribution in [3.63, 3.8) is 0 Å². The first-order chi connectivity index (χ1) is 7.92. The maximum absolute atomic E-state index is 12.7. The van der Waals surface area contributed by atoms with Gasteiger partial charge in [0.1, 0.15) is 0 Å². The van der Waals surface area contributed by atoms with E-state index >= 15 is 0 Å². The predicted octanol–water partition coefficient (Wildman–Crippen LogP) is 3.55. The van der Waals surface area contributed by atoms with E-state index in [1.165, 1.54) is 6.08 Å². The summed E-state index contributed by atoms with van der Waals surface area (Å²) in [5.41, 5.74) is -0.0349. The van der Waals surface area contributed by atoms with Crippen molar-refractivity contribution in [1.29, 1.82) is 0 Å². The average Bonchev–Trinajstić information content (AvgIpc) is 2.25. The summed E-state index contributed by atoms with van der Waals surface area (Å²) in [6.45, 7) is 1.98. The Morgan fingerprint density at radius 1 is 1.41 bits per heavy atom. The minimum atomic E-state index is -4.76. The van der Waals surface area contributed by atoms with Crippen LogP contribution in [-0.2, 0) is 4.74 Å². The van der Waals surface area contributed by atoms with Crippen LogP contribution in [0.5, 0.6) is 0 Å². The Labute approximate surface area is 99.5 Å². The van der Waals surface area contributed by atoms with Gasteiger partial charge in [-0.15, -0.1) is 0 Å². The number of hydrogen-bond acceptors (Lipinski definition) is 2. The third-order valence-electron chi connectivity index (χ3n) is 2.92. The summed E-state index contributed by atoms with van der Waals surface area (Å²) in [5, 5.41) is 9.61. The Morgan fingerprint density at radius 2 is 2.12 bits per heavy atom. The van der Waals surface area contributed by atoms with Gasteiger partial charge in [0.05, 0.1) is 6.61 Å². The molecule has 0 aromatic rings. The molecule has 0 radical (unpaired) electrons. The van der Waals surface area contributed by atoms with Crippen LogP contribution in [0.3, 0.4) is 0 Å². The van der Waals surface area contributed by atoms with Gasteiger partial charge in [-0.05, 0) is 31.3 Å². The summed E-state index contributed by atoms with van der Waals surface area (Å²) < 4.78 is 42.8. The minimum absolute atomic E-state index is 0.0349. The SMILES string of the molecule is CCCCC/C=C1\CCCOC1(O)C(F)(F)F. The van der Waals surface area contributed by atoms with Gasteiger partial charge in [0.2, 0.25) is 0 Å². The monoisotopic (exact) mass is 252 g/mol. The summed E-state index contributed by atoms with van der Waals surface area (Å²) in [7, 11) is 0. The number of allylic oxidation sites excluding steroid dienone is 1. The molecule has 1 heterocycles. The van der Waals surface area contributed by atoms with Crippen LogP contribution in [0, 0.1) is 0 Å². The van der Waals surface area contributed by atoms with Crippen molar-refractivity contribution >= 4 is 0 Å². The summed E-state index contributed by atoms with van der Waals surface area (Å²) in [6.07, 6.45) is 0.906. The Hall–Kier alpha value is -0.550. The van der Waals surface area contributed by atoms with Crippen LogP contribution in [0.15, 0.2) is 11.6 Å². The molecular formula is C12H19F3O2. The molecule has 0 bridgehead atoms. The number of halogens is 3. The summed E-state index contributed by atoms with van der Waals surface area (Å²) in [5.74, 6) is -3.06. The Morgan fingerprint density at radius 3 is 2.71 bits per heavy atom. The minimum Gasteiger partial charge on any atom is -0.355 e. The topological polar surface area (TPSA) is 29.5 Å². The highest BCUT2D eigenvalue weighted by Crippen LogP contribution is 2.41. The molecule has 0 aromatic carbocycles. The van der Waals surface area contributed by atoms with Crippen LogP contribution < -0.4 is 0 Å². The zero-order chi connectivity index (χ0) is 12.9.